The zero-order chi connectivity index (χ0) is 23.4. The van der Waals surface area contributed by atoms with Crippen LogP contribution in [-0.4, -0.2) is 60.4 Å². The van der Waals surface area contributed by atoms with E-state index in [2.05, 4.69) is 34.6 Å². The largest absolute Gasteiger partial charge is 0.506 e. The van der Waals surface area contributed by atoms with Crippen molar-refractivity contribution in [1.82, 2.24) is 10.3 Å². The van der Waals surface area contributed by atoms with Gasteiger partial charge in [-0.3, -0.25) is 4.79 Å². The van der Waals surface area contributed by atoms with Gasteiger partial charge in [-0.05, 0) is 86.5 Å². The number of pyridine rings is 1. The molecule has 6 heteroatoms. The van der Waals surface area contributed by atoms with Crippen LogP contribution >= 0.6 is 0 Å². The Hall–Kier alpha value is -2.83. The van der Waals surface area contributed by atoms with Gasteiger partial charge < -0.3 is 24.6 Å². The number of benzene rings is 2. The molecule has 3 aliphatic rings. The third-order valence-electron chi connectivity index (χ3n) is 7.92. The number of quaternary nitrogens is 1. The lowest BCUT2D eigenvalue weighted by Gasteiger charge is -2.49. The second-order valence-corrected chi connectivity index (χ2v) is 10.1. The fourth-order valence-electron chi connectivity index (χ4n) is 5.68. The fourth-order valence-corrected chi connectivity index (χ4v) is 5.68. The van der Waals surface area contributed by atoms with E-state index in [-0.39, 0.29) is 11.3 Å². The highest BCUT2D eigenvalue weighted by Crippen LogP contribution is 2.33. The summed E-state index contributed by atoms with van der Waals surface area (Å²) in [6.45, 7) is 7.73. The van der Waals surface area contributed by atoms with E-state index in [1.807, 2.05) is 6.07 Å². The maximum atomic E-state index is 11.6. The Bertz CT molecular complexity index is 1150. The molecule has 2 bridgehead atoms. The minimum atomic E-state index is -0.204. The first-order valence-corrected chi connectivity index (χ1v) is 12.7. The fraction of sp³-hybridized carbons (Fsp3) is 0.464. The number of phenolic OH excluding ortho intramolecular Hbond substituents is 1. The summed E-state index contributed by atoms with van der Waals surface area (Å²) in [6, 6.07) is 15.4. The first-order valence-electron chi connectivity index (χ1n) is 12.7. The van der Waals surface area contributed by atoms with E-state index >= 15 is 0 Å². The van der Waals surface area contributed by atoms with Crippen molar-refractivity contribution in [1.29, 1.82) is 0 Å². The predicted octanol–water partition coefficient (Wildman–Crippen LogP) is 3.62. The number of phenols is 1. The van der Waals surface area contributed by atoms with Gasteiger partial charge in [0.1, 0.15) is 24.7 Å². The molecule has 6 rings (SSSR count). The van der Waals surface area contributed by atoms with E-state index in [0.717, 1.165) is 61.7 Å². The van der Waals surface area contributed by atoms with Crippen molar-refractivity contribution in [3.8, 4) is 11.5 Å². The number of hydrogen-bond donors (Lipinski definition) is 3. The highest BCUT2D eigenvalue weighted by molar-refractivity contribution is 5.87. The van der Waals surface area contributed by atoms with Crippen LogP contribution in [0.5, 0.6) is 11.5 Å². The van der Waals surface area contributed by atoms with Gasteiger partial charge in [0.15, 0.2) is 0 Å². The topological polar surface area (TPSA) is 74.3 Å². The van der Waals surface area contributed by atoms with Gasteiger partial charge in [-0.1, -0.05) is 18.2 Å². The van der Waals surface area contributed by atoms with Crippen LogP contribution < -0.4 is 15.6 Å². The van der Waals surface area contributed by atoms with E-state index in [1.54, 1.807) is 12.1 Å². The van der Waals surface area contributed by atoms with Crippen LogP contribution in [0.3, 0.4) is 0 Å². The maximum Gasteiger partial charge on any atom is 0.248 e. The molecule has 3 N–H and O–H groups in total. The summed E-state index contributed by atoms with van der Waals surface area (Å²) in [7, 11) is 0. The number of aromatic amines is 1. The minimum absolute atomic E-state index is 0.108. The van der Waals surface area contributed by atoms with Gasteiger partial charge in [0.2, 0.25) is 5.56 Å². The molecule has 3 fully saturated rings. The minimum Gasteiger partial charge on any atom is -0.506 e. The maximum absolute atomic E-state index is 11.6. The third kappa shape index (κ3) is 5.29. The average Bonchev–Trinajstić information content (AvgIpc) is 2.87. The van der Waals surface area contributed by atoms with Gasteiger partial charge in [-0.15, -0.1) is 0 Å². The summed E-state index contributed by atoms with van der Waals surface area (Å²) in [5.41, 5.74) is 2.71. The first kappa shape index (κ1) is 22.9. The van der Waals surface area contributed by atoms with E-state index in [4.69, 9.17) is 4.74 Å². The molecular weight excluding hydrogens is 426 g/mol. The van der Waals surface area contributed by atoms with Gasteiger partial charge in [-0.25, -0.2) is 0 Å². The van der Waals surface area contributed by atoms with E-state index in [0.29, 0.717) is 5.52 Å². The summed E-state index contributed by atoms with van der Waals surface area (Å²) in [5.74, 6) is 2.08. The molecule has 3 saturated heterocycles. The second-order valence-electron chi connectivity index (χ2n) is 10.1. The molecule has 0 amide bonds. The molecule has 2 aromatic carbocycles. The Morgan fingerprint density at radius 1 is 0.941 bits per heavy atom. The smallest absolute Gasteiger partial charge is 0.248 e. The summed E-state index contributed by atoms with van der Waals surface area (Å²) in [6.07, 6.45) is 6.03. The molecule has 0 aliphatic carbocycles. The van der Waals surface area contributed by atoms with Crippen LogP contribution in [0.2, 0.25) is 0 Å². The number of piperidine rings is 3. The lowest BCUT2D eigenvalue weighted by atomic mass is 9.86. The number of hydrogen-bond acceptors (Lipinski definition) is 4. The van der Waals surface area contributed by atoms with Crippen molar-refractivity contribution in [2.45, 2.75) is 32.1 Å². The second kappa shape index (κ2) is 10.2. The average molecular weight is 463 g/mol. The molecule has 0 unspecified atom stereocenters. The molecule has 4 heterocycles. The van der Waals surface area contributed by atoms with Crippen molar-refractivity contribution in [3.63, 3.8) is 0 Å². The number of H-pyrrole nitrogens is 1. The third-order valence-corrected chi connectivity index (χ3v) is 7.92. The van der Waals surface area contributed by atoms with E-state index in [1.165, 1.54) is 55.0 Å². The Kier molecular flexibility index (Phi) is 6.88. The zero-order valence-electron chi connectivity index (χ0n) is 19.9. The van der Waals surface area contributed by atoms with Gasteiger partial charge in [0.25, 0.3) is 0 Å². The van der Waals surface area contributed by atoms with Gasteiger partial charge in [-0.2, -0.15) is 0 Å². The number of aromatic hydroxyl groups is 1. The SMILES string of the molecule is O=c1ccc2c(CCNCCc3ccc(OCC[N+]45CCC(CC4)CC5)cc3)ccc(O)c2[nH]1. The Labute approximate surface area is 201 Å². The van der Waals surface area contributed by atoms with Crippen LogP contribution in [0.4, 0.5) is 0 Å². The van der Waals surface area contributed by atoms with Crippen LogP contribution in [-0.2, 0) is 12.8 Å². The number of rotatable bonds is 10. The lowest BCUT2D eigenvalue weighted by molar-refractivity contribution is -0.942. The van der Waals surface area contributed by atoms with Crippen LogP contribution in [0.1, 0.15) is 30.4 Å². The quantitative estimate of drug-likeness (QED) is 0.318. The van der Waals surface area contributed by atoms with Gasteiger partial charge in [0.05, 0.1) is 25.2 Å². The lowest BCUT2D eigenvalue weighted by Crippen LogP contribution is -2.59. The molecule has 0 saturated carbocycles. The first-order chi connectivity index (χ1) is 16.6. The molecular formula is C28H36N3O3+. The van der Waals surface area contributed by atoms with Gasteiger partial charge in [0, 0.05) is 11.5 Å². The standard InChI is InChI=1S/C28H35N3O3/c32-26-7-3-23(25-6-8-27(33)30-28(25)26)10-15-29-14-9-21-1-4-24(5-2-21)34-20-19-31-16-11-22(12-17-31)13-18-31/h1-8,22,29H,9-20H2,(H-,30,32,33)/p+1. The highest BCUT2D eigenvalue weighted by Gasteiger charge is 2.39. The Balaban J connectivity index is 1.03. The molecule has 0 radical (unpaired) electrons. The van der Waals surface area contributed by atoms with Gasteiger partial charge >= 0.3 is 0 Å². The number of fused-ring (bicyclic) bond motifs is 4. The zero-order valence-corrected chi connectivity index (χ0v) is 19.9. The monoisotopic (exact) mass is 462 g/mol. The molecule has 3 aromatic rings. The molecule has 34 heavy (non-hydrogen) atoms. The Morgan fingerprint density at radius 3 is 2.44 bits per heavy atom. The summed E-state index contributed by atoms with van der Waals surface area (Å²) in [5, 5.41) is 14.4. The molecule has 0 atom stereocenters. The molecule has 6 nitrogen and oxygen atoms in total. The molecule has 0 spiro atoms. The van der Waals surface area contributed by atoms with Crippen molar-refractivity contribution < 1.29 is 14.3 Å². The van der Waals surface area contributed by atoms with Crippen molar-refractivity contribution in [2.75, 3.05) is 45.9 Å². The number of ether oxygens (including phenoxy) is 1. The van der Waals surface area contributed by atoms with Crippen LogP contribution in [0, 0.1) is 5.92 Å². The van der Waals surface area contributed by atoms with Crippen molar-refractivity contribution >= 4 is 10.9 Å². The van der Waals surface area contributed by atoms with E-state index in [9.17, 15) is 9.90 Å². The predicted molar refractivity (Wildman–Crippen MR) is 136 cm³/mol. The highest BCUT2D eigenvalue weighted by atomic mass is 16.5. The normalized spacial score (nSPS) is 21.7. The Morgan fingerprint density at radius 2 is 1.68 bits per heavy atom. The van der Waals surface area contributed by atoms with Crippen molar-refractivity contribution in [3.05, 3.63) is 70.0 Å². The molecule has 180 valence electrons. The van der Waals surface area contributed by atoms with Crippen LogP contribution in [0.25, 0.3) is 10.9 Å². The number of nitrogens with one attached hydrogen (secondary N) is 2. The number of nitrogens with zero attached hydrogens (tertiary/aromatic N) is 1. The summed E-state index contributed by atoms with van der Waals surface area (Å²) >= 11 is 0. The molecule has 1 aromatic heterocycles. The summed E-state index contributed by atoms with van der Waals surface area (Å²) < 4.78 is 7.36. The van der Waals surface area contributed by atoms with Crippen LogP contribution in [0.15, 0.2) is 53.3 Å². The van der Waals surface area contributed by atoms with E-state index < -0.39 is 0 Å². The summed E-state index contributed by atoms with van der Waals surface area (Å²) in [4.78, 5) is 14.3. The number of aromatic nitrogens is 1. The van der Waals surface area contributed by atoms with Crippen molar-refractivity contribution in [2.24, 2.45) is 5.92 Å². The molecule has 3 aliphatic heterocycles.